The van der Waals surface area contributed by atoms with Crippen molar-refractivity contribution in [2.24, 2.45) is 5.73 Å². The van der Waals surface area contributed by atoms with Crippen LogP contribution in [0.15, 0.2) is 0 Å². The Labute approximate surface area is 77.0 Å². The first kappa shape index (κ1) is 9.86. The molecule has 0 aromatic heterocycles. The SMILES string of the molecule is CCOC(=O)C1(N)CCSC1C. The van der Waals surface area contributed by atoms with Gasteiger partial charge in [0.2, 0.25) is 0 Å². The van der Waals surface area contributed by atoms with E-state index in [1.165, 1.54) is 0 Å². The molecular formula is C8H15NO2S. The molecule has 0 bridgehead atoms. The van der Waals surface area contributed by atoms with Crippen molar-refractivity contribution in [1.82, 2.24) is 0 Å². The fraction of sp³-hybridized carbons (Fsp3) is 0.875. The second-order valence-corrected chi connectivity index (χ2v) is 4.47. The van der Waals surface area contributed by atoms with Crippen molar-refractivity contribution in [2.75, 3.05) is 12.4 Å². The molecule has 4 heteroatoms. The van der Waals surface area contributed by atoms with Crippen molar-refractivity contribution in [3.05, 3.63) is 0 Å². The lowest BCUT2D eigenvalue weighted by atomic mass is 9.94. The van der Waals surface area contributed by atoms with E-state index in [0.29, 0.717) is 6.61 Å². The van der Waals surface area contributed by atoms with Gasteiger partial charge in [0.15, 0.2) is 0 Å². The van der Waals surface area contributed by atoms with Gasteiger partial charge < -0.3 is 10.5 Å². The average molecular weight is 189 g/mol. The van der Waals surface area contributed by atoms with Crippen LogP contribution in [0.1, 0.15) is 20.3 Å². The lowest BCUT2D eigenvalue weighted by Crippen LogP contribution is -2.53. The molecule has 2 N–H and O–H groups in total. The first-order valence-electron chi connectivity index (χ1n) is 4.19. The molecule has 1 heterocycles. The highest BCUT2D eigenvalue weighted by molar-refractivity contribution is 8.00. The molecular weight excluding hydrogens is 174 g/mol. The van der Waals surface area contributed by atoms with E-state index in [2.05, 4.69) is 0 Å². The summed E-state index contributed by atoms with van der Waals surface area (Å²) in [5.74, 6) is 0.707. The van der Waals surface area contributed by atoms with Crippen LogP contribution >= 0.6 is 11.8 Å². The minimum atomic E-state index is -0.735. The normalized spacial score (nSPS) is 35.1. The zero-order valence-electron chi connectivity index (χ0n) is 7.50. The molecule has 0 aromatic carbocycles. The van der Waals surface area contributed by atoms with Gasteiger partial charge in [-0.05, 0) is 19.1 Å². The van der Waals surface area contributed by atoms with Gasteiger partial charge in [0, 0.05) is 5.25 Å². The summed E-state index contributed by atoms with van der Waals surface area (Å²) >= 11 is 1.73. The molecule has 70 valence electrons. The van der Waals surface area contributed by atoms with Gasteiger partial charge in [0.25, 0.3) is 0 Å². The molecule has 3 nitrogen and oxygen atoms in total. The van der Waals surface area contributed by atoms with Crippen LogP contribution in [-0.2, 0) is 9.53 Å². The van der Waals surface area contributed by atoms with Crippen molar-refractivity contribution in [1.29, 1.82) is 0 Å². The average Bonchev–Trinajstić information content (AvgIpc) is 2.34. The molecule has 1 aliphatic rings. The van der Waals surface area contributed by atoms with Crippen LogP contribution in [-0.4, -0.2) is 29.1 Å². The molecule has 0 saturated carbocycles. The van der Waals surface area contributed by atoms with Crippen LogP contribution in [0.4, 0.5) is 0 Å². The number of nitrogens with two attached hydrogens (primary N) is 1. The number of esters is 1. The Kier molecular flexibility index (Phi) is 3.01. The zero-order chi connectivity index (χ0) is 9.19. The van der Waals surface area contributed by atoms with E-state index in [0.717, 1.165) is 12.2 Å². The molecule has 2 atom stereocenters. The fourth-order valence-electron chi connectivity index (χ4n) is 1.29. The van der Waals surface area contributed by atoms with Gasteiger partial charge in [-0.15, -0.1) is 0 Å². The molecule has 1 aliphatic heterocycles. The minimum absolute atomic E-state index is 0.177. The first-order chi connectivity index (χ1) is 5.61. The van der Waals surface area contributed by atoms with E-state index in [9.17, 15) is 4.79 Å². The van der Waals surface area contributed by atoms with Gasteiger partial charge in [0.1, 0.15) is 5.54 Å². The van der Waals surface area contributed by atoms with E-state index in [1.807, 2.05) is 6.92 Å². The maximum absolute atomic E-state index is 11.4. The van der Waals surface area contributed by atoms with E-state index in [1.54, 1.807) is 18.7 Å². The number of thioether (sulfide) groups is 1. The Morgan fingerprint density at radius 3 is 2.92 bits per heavy atom. The number of rotatable bonds is 2. The lowest BCUT2D eigenvalue weighted by molar-refractivity contribution is -0.149. The van der Waals surface area contributed by atoms with Crippen molar-refractivity contribution in [2.45, 2.75) is 31.1 Å². The topological polar surface area (TPSA) is 52.3 Å². The molecule has 0 spiro atoms. The summed E-state index contributed by atoms with van der Waals surface area (Å²) in [6.07, 6.45) is 0.734. The maximum atomic E-state index is 11.4. The van der Waals surface area contributed by atoms with E-state index < -0.39 is 5.54 Å². The molecule has 2 unspecified atom stereocenters. The number of carbonyl (C=O) groups excluding carboxylic acids is 1. The predicted octanol–water partition coefficient (Wildman–Crippen LogP) is 0.772. The van der Waals surface area contributed by atoms with Gasteiger partial charge >= 0.3 is 5.97 Å². The number of carbonyl (C=O) groups is 1. The highest BCUT2D eigenvalue weighted by Crippen LogP contribution is 2.34. The number of hydrogen-bond acceptors (Lipinski definition) is 4. The third-order valence-electron chi connectivity index (χ3n) is 2.26. The maximum Gasteiger partial charge on any atom is 0.327 e. The van der Waals surface area contributed by atoms with E-state index >= 15 is 0 Å². The highest BCUT2D eigenvalue weighted by Gasteiger charge is 2.45. The largest absolute Gasteiger partial charge is 0.465 e. The van der Waals surface area contributed by atoms with Crippen LogP contribution in [0.3, 0.4) is 0 Å². The summed E-state index contributed by atoms with van der Waals surface area (Å²) in [7, 11) is 0. The number of hydrogen-bond donors (Lipinski definition) is 1. The van der Waals surface area contributed by atoms with Crippen LogP contribution < -0.4 is 5.73 Å². The van der Waals surface area contributed by atoms with Gasteiger partial charge in [0.05, 0.1) is 6.61 Å². The molecule has 1 fully saturated rings. The molecule has 12 heavy (non-hydrogen) atoms. The second-order valence-electron chi connectivity index (χ2n) is 3.02. The number of ether oxygens (including phenoxy) is 1. The summed E-state index contributed by atoms with van der Waals surface area (Å²) in [6.45, 7) is 4.19. The van der Waals surface area contributed by atoms with Crippen LogP contribution in [0.2, 0.25) is 0 Å². The summed E-state index contributed by atoms with van der Waals surface area (Å²) < 4.78 is 4.92. The zero-order valence-corrected chi connectivity index (χ0v) is 8.32. The standard InChI is InChI=1S/C8H15NO2S/c1-3-11-7(10)8(9)4-5-12-6(8)2/h6H,3-5,9H2,1-2H3. The quantitative estimate of drug-likeness (QED) is 0.652. The van der Waals surface area contributed by atoms with Gasteiger partial charge in [-0.1, -0.05) is 6.92 Å². The summed E-state index contributed by atoms with van der Waals surface area (Å²) in [6, 6.07) is 0. The smallest absolute Gasteiger partial charge is 0.327 e. The van der Waals surface area contributed by atoms with Crippen molar-refractivity contribution >= 4 is 17.7 Å². The lowest BCUT2D eigenvalue weighted by Gasteiger charge is -2.25. The Morgan fingerprint density at radius 2 is 2.50 bits per heavy atom. The highest BCUT2D eigenvalue weighted by atomic mass is 32.2. The van der Waals surface area contributed by atoms with Crippen LogP contribution in [0.5, 0.6) is 0 Å². The predicted molar refractivity (Wildman–Crippen MR) is 50.1 cm³/mol. The molecule has 0 radical (unpaired) electrons. The fourth-order valence-corrected chi connectivity index (χ4v) is 2.61. The van der Waals surface area contributed by atoms with Crippen molar-refractivity contribution < 1.29 is 9.53 Å². The van der Waals surface area contributed by atoms with Crippen LogP contribution in [0, 0.1) is 0 Å². The van der Waals surface area contributed by atoms with Gasteiger partial charge in [-0.2, -0.15) is 11.8 Å². The molecule has 0 aliphatic carbocycles. The summed E-state index contributed by atoms with van der Waals surface area (Å²) in [4.78, 5) is 11.4. The van der Waals surface area contributed by atoms with E-state index in [4.69, 9.17) is 10.5 Å². The van der Waals surface area contributed by atoms with Crippen LogP contribution in [0.25, 0.3) is 0 Å². The van der Waals surface area contributed by atoms with Crippen molar-refractivity contribution in [3.8, 4) is 0 Å². The Hall–Kier alpha value is -0.220. The van der Waals surface area contributed by atoms with E-state index in [-0.39, 0.29) is 11.2 Å². The third-order valence-corrected chi connectivity index (χ3v) is 3.62. The minimum Gasteiger partial charge on any atom is -0.465 e. The summed E-state index contributed by atoms with van der Waals surface area (Å²) in [5, 5.41) is 0.177. The monoisotopic (exact) mass is 189 g/mol. The molecule has 1 saturated heterocycles. The van der Waals surface area contributed by atoms with Gasteiger partial charge in [-0.3, -0.25) is 4.79 Å². The molecule has 1 rings (SSSR count). The first-order valence-corrected chi connectivity index (χ1v) is 5.24. The van der Waals surface area contributed by atoms with Crippen molar-refractivity contribution in [3.63, 3.8) is 0 Å². The Morgan fingerprint density at radius 1 is 1.83 bits per heavy atom. The third kappa shape index (κ3) is 1.59. The Bertz CT molecular complexity index is 186. The summed E-state index contributed by atoms with van der Waals surface area (Å²) in [5.41, 5.74) is 5.20. The second kappa shape index (κ2) is 3.66. The Balaban J connectivity index is 2.63. The molecule has 0 amide bonds. The molecule has 0 aromatic rings. The van der Waals surface area contributed by atoms with Gasteiger partial charge in [-0.25, -0.2) is 0 Å².